The van der Waals surface area contributed by atoms with Gasteiger partial charge in [-0.25, -0.2) is 0 Å². The molecule has 0 spiro atoms. The van der Waals surface area contributed by atoms with Gasteiger partial charge in [0.1, 0.15) is 5.66 Å². The van der Waals surface area contributed by atoms with Crippen LogP contribution in [0.4, 0.5) is 5.69 Å². The molecule has 0 aliphatic carbocycles. The zero-order valence-corrected chi connectivity index (χ0v) is 16.0. The molecule has 2 heterocycles. The number of benzene rings is 2. The predicted octanol–water partition coefficient (Wildman–Crippen LogP) is 4.33. The lowest BCUT2D eigenvalue weighted by molar-refractivity contribution is -0.124. The van der Waals surface area contributed by atoms with Crippen molar-refractivity contribution in [3.05, 3.63) is 70.8 Å². The minimum Gasteiger partial charge on any atom is -0.344 e. The van der Waals surface area contributed by atoms with Crippen molar-refractivity contribution in [1.82, 2.24) is 5.32 Å². The summed E-state index contributed by atoms with van der Waals surface area (Å²) in [5, 5.41) is 3.33. The van der Waals surface area contributed by atoms with Crippen molar-refractivity contribution in [1.29, 1.82) is 0 Å². The summed E-state index contributed by atoms with van der Waals surface area (Å²) in [4.78, 5) is 14.8. The van der Waals surface area contributed by atoms with Crippen LogP contribution in [0.25, 0.3) is 6.08 Å². The molecule has 0 radical (unpaired) electrons. The first kappa shape index (κ1) is 16.9. The standard InChI is InChI=1S/C23H26N2O/c1-16-5-8-18(9-6-16)11-13-23-22(3,4)19-15-17(2)7-10-20(19)25(23)14-12-21(26)24-23/h5-11,13,15H,12,14H2,1-4H3,(H,24,26). The molecule has 0 aromatic heterocycles. The number of rotatable bonds is 2. The van der Waals surface area contributed by atoms with Crippen LogP contribution in [0.2, 0.25) is 0 Å². The molecule has 3 heteroatoms. The smallest absolute Gasteiger partial charge is 0.223 e. The van der Waals surface area contributed by atoms with E-state index < -0.39 is 5.66 Å². The number of carbonyl (C=O) groups is 1. The van der Waals surface area contributed by atoms with Crippen LogP contribution in [0.5, 0.6) is 0 Å². The molecule has 2 aromatic carbocycles. The van der Waals surface area contributed by atoms with E-state index in [1.54, 1.807) is 0 Å². The monoisotopic (exact) mass is 346 g/mol. The second-order valence-corrected chi connectivity index (χ2v) is 8.11. The zero-order chi connectivity index (χ0) is 18.5. The van der Waals surface area contributed by atoms with Crippen molar-refractivity contribution in [2.45, 2.75) is 45.2 Å². The summed E-state index contributed by atoms with van der Waals surface area (Å²) in [6, 6.07) is 15.1. The summed E-state index contributed by atoms with van der Waals surface area (Å²) in [5.74, 6) is 0.118. The lowest BCUT2D eigenvalue weighted by Crippen LogP contribution is -2.68. The van der Waals surface area contributed by atoms with Gasteiger partial charge in [-0.1, -0.05) is 67.4 Å². The number of carbonyl (C=O) groups excluding carboxylic acids is 1. The molecular weight excluding hydrogens is 320 g/mol. The normalized spacial score (nSPS) is 23.7. The number of hydrogen-bond donors (Lipinski definition) is 1. The van der Waals surface area contributed by atoms with Gasteiger partial charge in [0.15, 0.2) is 0 Å². The molecule has 1 unspecified atom stereocenters. The van der Waals surface area contributed by atoms with Gasteiger partial charge in [0, 0.05) is 24.1 Å². The van der Waals surface area contributed by atoms with Crippen LogP contribution in [-0.4, -0.2) is 18.1 Å². The molecule has 134 valence electrons. The van der Waals surface area contributed by atoms with Crippen molar-refractivity contribution in [3.8, 4) is 0 Å². The summed E-state index contributed by atoms with van der Waals surface area (Å²) in [7, 11) is 0. The minimum atomic E-state index is -0.538. The molecule has 1 atom stereocenters. The van der Waals surface area contributed by atoms with Gasteiger partial charge in [0.2, 0.25) is 5.91 Å². The van der Waals surface area contributed by atoms with Crippen molar-refractivity contribution in [2.24, 2.45) is 0 Å². The van der Waals surface area contributed by atoms with Crippen LogP contribution in [0, 0.1) is 13.8 Å². The first-order valence-electron chi connectivity index (χ1n) is 9.29. The molecule has 0 saturated carbocycles. The Labute approximate surface area is 155 Å². The van der Waals surface area contributed by atoms with Gasteiger partial charge in [-0.3, -0.25) is 4.79 Å². The van der Waals surface area contributed by atoms with Gasteiger partial charge in [-0.15, -0.1) is 0 Å². The average molecular weight is 346 g/mol. The number of aryl methyl sites for hydroxylation is 2. The Balaban J connectivity index is 1.84. The van der Waals surface area contributed by atoms with Gasteiger partial charge < -0.3 is 10.2 Å². The molecule has 2 aromatic rings. The van der Waals surface area contributed by atoms with Crippen molar-refractivity contribution < 1.29 is 4.79 Å². The maximum atomic E-state index is 12.4. The number of amides is 1. The van der Waals surface area contributed by atoms with E-state index in [-0.39, 0.29) is 11.3 Å². The molecule has 26 heavy (non-hydrogen) atoms. The number of nitrogens with zero attached hydrogens (tertiary/aromatic N) is 1. The number of hydrogen-bond acceptors (Lipinski definition) is 2. The zero-order valence-electron chi connectivity index (χ0n) is 16.0. The first-order chi connectivity index (χ1) is 12.3. The van der Waals surface area contributed by atoms with E-state index in [1.807, 2.05) is 0 Å². The van der Waals surface area contributed by atoms with Gasteiger partial charge in [0.05, 0.1) is 0 Å². The number of fused-ring (bicyclic) bond motifs is 3. The van der Waals surface area contributed by atoms with Gasteiger partial charge in [-0.05, 0) is 37.1 Å². The summed E-state index contributed by atoms with van der Waals surface area (Å²) < 4.78 is 0. The highest BCUT2D eigenvalue weighted by Gasteiger charge is 2.57. The van der Waals surface area contributed by atoms with E-state index >= 15 is 0 Å². The molecule has 4 rings (SSSR count). The van der Waals surface area contributed by atoms with E-state index in [0.717, 1.165) is 12.1 Å². The van der Waals surface area contributed by atoms with Crippen molar-refractivity contribution >= 4 is 17.7 Å². The van der Waals surface area contributed by atoms with Gasteiger partial charge in [-0.2, -0.15) is 0 Å². The molecule has 1 N–H and O–H groups in total. The van der Waals surface area contributed by atoms with E-state index in [1.165, 1.54) is 22.4 Å². The molecule has 1 fully saturated rings. The molecule has 2 aliphatic heterocycles. The summed E-state index contributed by atoms with van der Waals surface area (Å²) in [6.07, 6.45) is 4.85. The number of nitrogens with one attached hydrogen (secondary N) is 1. The third-order valence-corrected chi connectivity index (χ3v) is 5.98. The summed E-state index contributed by atoms with van der Waals surface area (Å²) >= 11 is 0. The van der Waals surface area contributed by atoms with E-state index in [4.69, 9.17) is 0 Å². The van der Waals surface area contributed by atoms with Crippen LogP contribution in [-0.2, 0) is 10.2 Å². The molecule has 1 amide bonds. The van der Waals surface area contributed by atoms with E-state index in [2.05, 4.69) is 92.5 Å². The van der Waals surface area contributed by atoms with Crippen LogP contribution < -0.4 is 10.2 Å². The summed E-state index contributed by atoms with van der Waals surface area (Å²) in [6.45, 7) is 9.42. The van der Waals surface area contributed by atoms with Crippen LogP contribution in [0.1, 0.15) is 42.5 Å². The highest BCUT2D eigenvalue weighted by Crippen LogP contribution is 2.52. The lowest BCUT2D eigenvalue weighted by atomic mass is 9.74. The third-order valence-electron chi connectivity index (χ3n) is 5.98. The average Bonchev–Trinajstić information content (AvgIpc) is 2.79. The molecular formula is C23H26N2O. The largest absolute Gasteiger partial charge is 0.344 e. The van der Waals surface area contributed by atoms with Crippen molar-refractivity contribution in [2.75, 3.05) is 11.4 Å². The highest BCUT2D eigenvalue weighted by molar-refractivity contribution is 5.84. The van der Waals surface area contributed by atoms with Crippen LogP contribution >= 0.6 is 0 Å². The highest BCUT2D eigenvalue weighted by atomic mass is 16.2. The quantitative estimate of drug-likeness (QED) is 0.878. The molecule has 2 aliphatic rings. The van der Waals surface area contributed by atoms with Crippen LogP contribution in [0.3, 0.4) is 0 Å². The fraction of sp³-hybridized carbons (Fsp3) is 0.348. The Bertz CT molecular complexity index is 895. The second kappa shape index (κ2) is 5.73. The Morgan fingerprint density at radius 1 is 1.04 bits per heavy atom. The third kappa shape index (κ3) is 2.38. The van der Waals surface area contributed by atoms with Gasteiger partial charge >= 0.3 is 0 Å². The topological polar surface area (TPSA) is 32.3 Å². The lowest BCUT2D eigenvalue weighted by Gasteiger charge is -2.49. The van der Waals surface area contributed by atoms with E-state index in [9.17, 15) is 4.79 Å². The van der Waals surface area contributed by atoms with Gasteiger partial charge in [0.25, 0.3) is 0 Å². The first-order valence-corrected chi connectivity index (χ1v) is 9.29. The Morgan fingerprint density at radius 2 is 1.73 bits per heavy atom. The predicted molar refractivity (Wildman–Crippen MR) is 107 cm³/mol. The SMILES string of the molecule is Cc1ccc(C=CC23NC(=O)CCN2c2ccc(C)cc2C3(C)C)cc1. The number of anilines is 1. The summed E-state index contributed by atoms with van der Waals surface area (Å²) in [5.41, 5.74) is 5.40. The Kier molecular flexibility index (Phi) is 3.72. The molecule has 0 bridgehead atoms. The Morgan fingerprint density at radius 3 is 2.46 bits per heavy atom. The maximum absolute atomic E-state index is 12.4. The molecule has 1 saturated heterocycles. The minimum absolute atomic E-state index is 0.118. The fourth-order valence-corrected chi connectivity index (χ4v) is 4.36. The fourth-order valence-electron chi connectivity index (χ4n) is 4.36. The van der Waals surface area contributed by atoms with Crippen LogP contribution in [0.15, 0.2) is 48.5 Å². The molecule has 3 nitrogen and oxygen atoms in total. The van der Waals surface area contributed by atoms with E-state index in [0.29, 0.717) is 6.42 Å². The maximum Gasteiger partial charge on any atom is 0.223 e. The Hall–Kier alpha value is -2.55. The second-order valence-electron chi connectivity index (χ2n) is 8.11. The van der Waals surface area contributed by atoms with Crippen molar-refractivity contribution in [3.63, 3.8) is 0 Å².